The monoisotopic (exact) mass is 302 g/mol. The summed E-state index contributed by atoms with van der Waals surface area (Å²) >= 11 is 0. The van der Waals surface area contributed by atoms with Crippen LogP contribution in [0.4, 0.5) is 0 Å². The third-order valence-electron chi connectivity index (χ3n) is 4.17. The molecule has 0 amide bonds. The third-order valence-corrected chi connectivity index (χ3v) is 11.5. The molecule has 116 valence electrons. The van der Waals surface area contributed by atoms with E-state index in [0.717, 1.165) is 0 Å². The molecular formula is C16H38OSi2. The highest BCUT2D eigenvalue weighted by Crippen LogP contribution is 2.48. The molecule has 0 aromatic heterocycles. The highest BCUT2D eigenvalue weighted by Gasteiger charge is 2.45. The van der Waals surface area contributed by atoms with Crippen LogP contribution in [-0.4, -0.2) is 16.6 Å². The molecule has 1 atom stereocenters. The Balaban J connectivity index is 5.27. The van der Waals surface area contributed by atoms with Gasteiger partial charge in [0.25, 0.3) is 0 Å². The molecule has 19 heavy (non-hydrogen) atoms. The summed E-state index contributed by atoms with van der Waals surface area (Å²) < 4.78 is 6.68. The van der Waals surface area contributed by atoms with E-state index in [-0.39, 0.29) is 0 Å². The summed E-state index contributed by atoms with van der Waals surface area (Å²) in [5.41, 5.74) is 1.47. The molecule has 0 aromatic rings. The fraction of sp³-hybridized carbons (Fsp3) is 1.00. The van der Waals surface area contributed by atoms with Crippen LogP contribution < -0.4 is 0 Å². The van der Waals surface area contributed by atoms with E-state index in [9.17, 15) is 0 Å². The van der Waals surface area contributed by atoms with Crippen LogP contribution in [0, 0.1) is 10.8 Å². The van der Waals surface area contributed by atoms with Crippen molar-refractivity contribution >= 4 is 16.6 Å². The van der Waals surface area contributed by atoms with Crippen LogP contribution >= 0.6 is 0 Å². The minimum Gasteiger partial charge on any atom is -0.455 e. The minimum absolute atomic E-state index is 0.335. The van der Waals surface area contributed by atoms with Gasteiger partial charge in [-0.3, -0.25) is 0 Å². The van der Waals surface area contributed by atoms with Gasteiger partial charge in [0.1, 0.15) is 0 Å². The molecule has 0 radical (unpaired) electrons. The van der Waals surface area contributed by atoms with Gasteiger partial charge in [0.2, 0.25) is 0 Å². The Hall–Kier alpha value is 0.394. The molecule has 1 nitrogen and oxygen atoms in total. The van der Waals surface area contributed by atoms with Crippen LogP contribution in [0.3, 0.4) is 0 Å². The van der Waals surface area contributed by atoms with Crippen LogP contribution in [-0.2, 0) is 4.12 Å². The molecule has 0 bridgehead atoms. The second kappa shape index (κ2) is 6.02. The lowest BCUT2D eigenvalue weighted by atomic mass is 9.78. The average Bonchev–Trinajstić information content (AvgIpc) is 2.08. The van der Waals surface area contributed by atoms with Crippen molar-refractivity contribution in [2.75, 3.05) is 0 Å². The van der Waals surface area contributed by atoms with E-state index in [0.29, 0.717) is 16.4 Å². The topological polar surface area (TPSA) is 9.23 Å². The van der Waals surface area contributed by atoms with Crippen molar-refractivity contribution in [2.24, 2.45) is 10.8 Å². The van der Waals surface area contributed by atoms with Crippen molar-refractivity contribution in [3.63, 3.8) is 0 Å². The van der Waals surface area contributed by atoms with Crippen molar-refractivity contribution in [3.05, 3.63) is 0 Å². The van der Waals surface area contributed by atoms with E-state index in [2.05, 4.69) is 74.3 Å². The molecule has 0 aliphatic carbocycles. The zero-order valence-corrected chi connectivity index (χ0v) is 17.4. The molecular weight excluding hydrogens is 264 g/mol. The summed E-state index contributed by atoms with van der Waals surface area (Å²) in [5.74, 6) is 0. The van der Waals surface area contributed by atoms with Gasteiger partial charge in [-0.05, 0) is 55.5 Å². The molecule has 0 saturated carbocycles. The highest BCUT2D eigenvalue weighted by atomic mass is 28.4. The summed E-state index contributed by atoms with van der Waals surface area (Å²) in [6.45, 7) is 26.2. The van der Waals surface area contributed by atoms with E-state index in [1.807, 2.05) is 0 Å². The molecule has 0 aromatic carbocycles. The number of rotatable bonds is 6. The molecule has 0 aliphatic heterocycles. The van der Waals surface area contributed by atoms with E-state index < -0.39 is 16.6 Å². The van der Waals surface area contributed by atoms with Crippen molar-refractivity contribution in [1.82, 2.24) is 0 Å². The standard InChI is InChI=1S/C16H38OSi2/c1-12-16(5,6)13-14(15(2,3)4)19(10,11)17-18(7,8)9/h14H,12-13H2,1-11H3. The first kappa shape index (κ1) is 19.4. The Morgan fingerprint density at radius 2 is 1.32 bits per heavy atom. The second-order valence-corrected chi connectivity index (χ2v) is 18.4. The third kappa shape index (κ3) is 7.10. The van der Waals surface area contributed by atoms with Crippen LogP contribution in [0.15, 0.2) is 0 Å². The fourth-order valence-corrected chi connectivity index (χ4v) is 13.2. The van der Waals surface area contributed by atoms with Crippen LogP contribution in [0.2, 0.25) is 38.3 Å². The van der Waals surface area contributed by atoms with Gasteiger partial charge in [0.05, 0.1) is 0 Å². The Kier molecular flexibility index (Phi) is 6.15. The summed E-state index contributed by atoms with van der Waals surface area (Å²) in [6, 6.07) is 0. The average molecular weight is 303 g/mol. The van der Waals surface area contributed by atoms with Crippen molar-refractivity contribution in [3.8, 4) is 0 Å². The molecule has 0 saturated heterocycles. The number of hydrogen-bond donors (Lipinski definition) is 0. The smallest absolute Gasteiger partial charge is 0.177 e. The zero-order valence-electron chi connectivity index (χ0n) is 15.4. The van der Waals surface area contributed by atoms with Crippen molar-refractivity contribution in [1.29, 1.82) is 0 Å². The maximum absolute atomic E-state index is 6.68. The summed E-state index contributed by atoms with van der Waals surface area (Å²) in [4.78, 5) is 0. The first-order valence-electron chi connectivity index (χ1n) is 7.81. The molecule has 0 N–H and O–H groups in total. The van der Waals surface area contributed by atoms with Crippen LogP contribution in [0.5, 0.6) is 0 Å². The van der Waals surface area contributed by atoms with Gasteiger partial charge < -0.3 is 4.12 Å². The predicted molar refractivity (Wildman–Crippen MR) is 93.8 cm³/mol. The Labute approximate surface area is 124 Å². The Bertz CT molecular complexity index is 282. The maximum atomic E-state index is 6.68. The molecule has 0 fully saturated rings. The lowest BCUT2D eigenvalue weighted by Crippen LogP contribution is -2.50. The van der Waals surface area contributed by atoms with E-state index in [1.54, 1.807) is 0 Å². The minimum atomic E-state index is -1.67. The van der Waals surface area contributed by atoms with Gasteiger partial charge in [-0.2, -0.15) is 0 Å². The fourth-order valence-electron chi connectivity index (χ4n) is 3.15. The molecule has 1 unspecified atom stereocenters. The van der Waals surface area contributed by atoms with Crippen molar-refractivity contribution < 1.29 is 4.12 Å². The van der Waals surface area contributed by atoms with Gasteiger partial charge in [0, 0.05) is 0 Å². The molecule has 0 aliphatic rings. The quantitative estimate of drug-likeness (QED) is 0.524. The largest absolute Gasteiger partial charge is 0.455 e. The summed E-state index contributed by atoms with van der Waals surface area (Å²) in [7, 11) is -3.13. The summed E-state index contributed by atoms with van der Waals surface area (Å²) in [6.07, 6.45) is 2.54. The first-order valence-corrected chi connectivity index (χ1v) is 14.2. The van der Waals surface area contributed by atoms with Gasteiger partial charge in [-0.15, -0.1) is 0 Å². The van der Waals surface area contributed by atoms with E-state index in [4.69, 9.17) is 4.12 Å². The normalized spacial score (nSPS) is 16.6. The van der Waals surface area contributed by atoms with Crippen molar-refractivity contribution in [2.45, 2.75) is 92.7 Å². The molecule has 0 spiro atoms. The van der Waals surface area contributed by atoms with Gasteiger partial charge >= 0.3 is 0 Å². The Morgan fingerprint density at radius 1 is 0.895 bits per heavy atom. The number of hydrogen-bond acceptors (Lipinski definition) is 1. The van der Waals surface area contributed by atoms with E-state index >= 15 is 0 Å². The maximum Gasteiger partial charge on any atom is 0.177 e. The summed E-state index contributed by atoms with van der Waals surface area (Å²) in [5, 5.41) is 0. The highest BCUT2D eigenvalue weighted by molar-refractivity contribution is 6.85. The van der Waals surface area contributed by atoms with E-state index in [1.165, 1.54) is 12.8 Å². The second-order valence-electron chi connectivity index (χ2n) is 9.46. The van der Waals surface area contributed by atoms with Gasteiger partial charge in [0.15, 0.2) is 16.6 Å². The molecule has 0 rings (SSSR count). The molecule has 0 heterocycles. The predicted octanol–water partition coefficient (Wildman–Crippen LogP) is 6.29. The SMILES string of the molecule is CCC(C)(C)CC(C(C)(C)C)[Si](C)(C)O[Si](C)(C)C. The Morgan fingerprint density at radius 3 is 1.58 bits per heavy atom. The van der Waals surface area contributed by atoms with Gasteiger partial charge in [-0.25, -0.2) is 0 Å². The first-order chi connectivity index (χ1) is 8.11. The lowest BCUT2D eigenvalue weighted by Gasteiger charge is -2.47. The zero-order chi connectivity index (χ0) is 15.7. The lowest BCUT2D eigenvalue weighted by molar-refractivity contribution is 0.231. The molecule has 3 heteroatoms. The van der Waals surface area contributed by atoms with Crippen LogP contribution in [0.25, 0.3) is 0 Å². The van der Waals surface area contributed by atoms with Crippen LogP contribution in [0.1, 0.15) is 54.4 Å². The van der Waals surface area contributed by atoms with Gasteiger partial charge in [-0.1, -0.05) is 48.0 Å².